The Hall–Kier alpha value is -1.83. The Labute approximate surface area is 220 Å². The minimum absolute atomic E-state index is 0.292. The van der Waals surface area contributed by atoms with Gasteiger partial charge in [-0.15, -0.1) is 0 Å². The first-order chi connectivity index (χ1) is 17.6. The third-order valence-corrected chi connectivity index (χ3v) is 10.2. The van der Waals surface area contributed by atoms with Gasteiger partial charge >= 0.3 is 0 Å². The zero-order chi connectivity index (χ0) is 24.9. The van der Waals surface area contributed by atoms with Crippen LogP contribution in [0, 0.1) is 41.4 Å². The average Bonchev–Trinajstić information content (AvgIpc) is 3.05. The average molecular weight is 488 g/mol. The van der Waals surface area contributed by atoms with Gasteiger partial charge in [0.15, 0.2) is 0 Å². The first kappa shape index (κ1) is 25.8. The van der Waals surface area contributed by atoms with Crippen LogP contribution in [0.4, 0.5) is 0 Å². The minimum Gasteiger partial charge on any atom is -0.356 e. The van der Waals surface area contributed by atoms with Gasteiger partial charge in [-0.2, -0.15) is 0 Å². The first-order valence-electron chi connectivity index (χ1n) is 15.3. The molecule has 6 atom stereocenters. The number of hydrogen-bond acceptors (Lipinski definition) is 1. The Morgan fingerprint density at radius 1 is 0.972 bits per heavy atom. The second-order valence-corrected chi connectivity index (χ2v) is 12.8. The molecule has 1 amide bonds. The van der Waals surface area contributed by atoms with E-state index in [1.165, 1.54) is 69.8 Å². The molecule has 2 fully saturated rings. The summed E-state index contributed by atoms with van der Waals surface area (Å²) in [6.45, 7) is 5.76. The highest BCUT2D eigenvalue weighted by Crippen LogP contribution is 2.41. The van der Waals surface area contributed by atoms with Crippen molar-refractivity contribution in [3.63, 3.8) is 0 Å². The molecule has 0 heterocycles. The molecule has 0 aromatic rings. The van der Waals surface area contributed by atoms with Gasteiger partial charge in [-0.3, -0.25) is 4.79 Å². The van der Waals surface area contributed by atoms with Crippen LogP contribution >= 0.6 is 0 Å². The summed E-state index contributed by atoms with van der Waals surface area (Å²) in [5.74, 6) is 4.99. The third kappa shape index (κ3) is 6.35. The number of nitrogens with one attached hydrogen (secondary N) is 1. The molecule has 0 saturated heterocycles. The number of carbonyl (C=O) groups excluding carboxylic acids is 1. The van der Waals surface area contributed by atoms with Gasteiger partial charge in [-0.05, 0) is 110 Å². The van der Waals surface area contributed by atoms with Crippen molar-refractivity contribution < 1.29 is 4.79 Å². The van der Waals surface area contributed by atoms with Crippen LogP contribution < -0.4 is 5.32 Å². The predicted octanol–water partition coefficient (Wildman–Crippen LogP) is 8.49. The van der Waals surface area contributed by atoms with Crippen molar-refractivity contribution in [1.29, 1.82) is 0 Å². The van der Waals surface area contributed by atoms with Gasteiger partial charge in [0.1, 0.15) is 0 Å². The molecule has 0 spiro atoms. The van der Waals surface area contributed by atoms with Crippen molar-refractivity contribution in [2.24, 2.45) is 41.4 Å². The molecule has 0 aromatic heterocycles. The standard InChI is InChI=1S/C34H49NO/c1-24-6-3-10-32-23-31(19-18-28(32)13-11-24)25(2)27-15-17-29-14-12-26(22-33(29)20-16-27)7-5-21-35-34(36)30-8-4-9-30/h12,14,17-20,23-28,30,32H,3-11,13,15-16,21-22H2,1-2H3,(H,35,36). The summed E-state index contributed by atoms with van der Waals surface area (Å²) < 4.78 is 0. The molecule has 5 aliphatic rings. The van der Waals surface area contributed by atoms with E-state index in [0.29, 0.717) is 29.6 Å². The van der Waals surface area contributed by atoms with Gasteiger partial charge in [-0.25, -0.2) is 0 Å². The van der Waals surface area contributed by atoms with Crippen molar-refractivity contribution in [2.45, 2.75) is 97.3 Å². The molecule has 0 radical (unpaired) electrons. The molecule has 5 aliphatic carbocycles. The van der Waals surface area contributed by atoms with Crippen molar-refractivity contribution in [3.05, 3.63) is 59.3 Å². The molecular formula is C34H49NO. The fourth-order valence-corrected chi connectivity index (χ4v) is 7.19. The molecular weight excluding hydrogens is 438 g/mol. The topological polar surface area (TPSA) is 29.1 Å². The highest BCUT2D eigenvalue weighted by molar-refractivity contribution is 5.79. The maximum absolute atomic E-state index is 12.1. The maximum atomic E-state index is 12.1. The molecule has 2 nitrogen and oxygen atoms in total. The Morgan fingerprint density at radius 3 is 2.64 bits per heavy atom. The molecule has 196 valence electrons. The number of hydrogen-bond donors (Lipinski definition) is 1. The molecule has 0 aliphatic heterocycles. The smallest absolute Gasteiger partial charge is 0.223 e. The molecule has 6 unspecified atom stereocenters. The van der Waals surface area contributed by atoms with Crippen molar-refractivity contribution in [1.82, 2.24) is 5.32 Å². The van der Waals surface area contributed by atoms with Gasteiger partial charge in [0.25, 0.3) is 0 Å². The van der Waals surface area contributed by atoms with Crippen LogP contribution in [0.1, 0.15) is 97.3 Å². The van der Waals surface area contributed by atoms with E-state index in [-0.39, 0.29) is 0 Å². The quantitative estimate of drug-likeness (QED) is 0.358. The van der Waals surface area contributed by atoms with E-state index in [1.54, 1.807) is 11.1 Å². The maximum Gasteiger partial charge on any atom is 0.223 e. The number of amides is 1. The Kier molecular flexibility index (Phi) is 8.70. The zero-order valence-corrected chi connectivity index (χ0v) is 22.9. The summed E-state index contributed by atoms with van der Waals surface area (Å²) in [4.78, 5) is 12.1. The molecule has 5 rings (SSSR count). The second kappa shape index (κ2) is 12.1. The second-order valence-electron chi connectivity index (χ2n) is 12.8. The highest BCUT2D eigenvalue weighted by atomic mass is 16.1. The Morgan fingerprint density at radius 2 is 1.81 bits per heavy atom. The van der Waals surface area contributed by atoms with E-state index < -0.39 is 0 Å². The molecule has 0 bridgehead atoms. The zero-order valence-electron chi connectivity index (χ0n) is 22.9. The first-order valence-corrected chi connectivity index (χ1v) is 15.3. The Balaban J connectivity index is 1.12. The largest absolute Gasteiger partial charge is 0.356 e. The minimum atomic E-state index is 0.292. The van der Waals surface area contributed by atoms with E-state index in [1.807, 2.05) is 0 Å². The molecule has 2 heteroatoms. The van der Waals surface area contributed by atoms with E-state index in [4.69, 9.17) is 0 Å². The van der Waals surface area contributed by atoms with Crippen LogP contribution in [-0.4, -0.2) is 12.5 Å². The highest BCUT2D eigenvalue weighted by Gasteiger charge is 2.28. The van der Waals surface area contributed by atoms with Gasteiger partial charge < -0.3 is 5.32 Å². The summed E-state index contributed by atoms with van der Waals surface area (Å²) >= 11 is 0. The van der Waals surface area contributed by atoms with Crippen LogP contribution in [0.5, 0.6) is 0 Å². The molecule has 0 aromatic carbocycles. The fraction of sp³-hybridized carbons (Fsp3) is 0.676. The van der Waals surface area contributed by atoms with Crippen LogP contribution in [0.25, 0.3) is 0 Å². The lowest BCUT2D eigenvalue weighted by molar-refractivity contribution is -0.127. The van der Waals surface area contributed by atoms with Gasteiger partial charge in [0, 0.05) is 12.5 Å². The summed E-state index contributed by atoms with van der Waals surface area (Å²) in [6.07, 6.45) is 33.9. The van der Waals surface area contributed by atoms with Crippen LogP contribution in [-0.2, 0) is 4.79 Å². The lowest BCUT2D eigenvalue weighted by atomic mass is 9.72. The Bertz CT molecular complexity index is 929. The van der Waals surface area contributed by atoms with Crippen molar-refractivity contribution >= 4 is 5.91 Å². The van der Waals surface area contributed by atoms with Crippen molar-refractivity contribution in [2.75, 3.05) is 6.54 Å². The normalized spacial score (nSPS) is 33.4. The van der Waals surface area contributed by atoms with Gasteiger partial charge in [-0.1, -0.05) is 82.1 Å². The molecule has 36 heavy (non-hydrogen) atoms. The van der Waals surface area contributed by atoms with Gasteiger partial charge in [0.05, 0.1) is 0 Å². The molecule has 1 N–H and O–H groups in total. The van der Waals surface area contributed by atoms with Crippen LogP contribution in [0.3, 0.4) is 0 Å². The SMILES string of the molecule is CC1CCCC2C=C(C(C)C3CC=C4C=CC(CCCNC(=O)C5CCC5)CC4=CC3)C=CC2CC1. The van der Waals surface area contributed by atoms with Crippen molar-refractivity contribution in [3.8, 4) is 0 Å². The number of rotatable bonds is 7. The van der Waals surface area contributed by atoms with E-state index in [2.05, 4.69) is 61.7 Å². The van der Waals surface area contributed by atoms with Crippen LogP contribution in [0.2, 0.25) is 0 Å². The van der Waals surface area contributed by atoms with E-state index in [9.17, 15) is 4.79 Å². The summed E-state index contributed by atoms with van der Waals surface area (Å²) in [5.41, 5.74) is 4.65. The summed E-state index contributed by atoms with van der Waals surface area (Å²) in [6, 6.07) is 0. The third-order valence-electron chi connectivity index (χ3n) is 10.2. The number of allylic oxidation sites excluding steroid dienone is 10. The monoisotopic (exact) mass is 487 g/mol. The van der Waals surface area contributed by atoms with Gasteiger partial charge in [0.2, 0.25) is 5.91 Å². The predicted molar refractivity (Wildman–Crippen MR) is 151 cm³/mol. The number of carbonyl (C=O) groups is 1. The van der Waals surface area contributed by atoms with Crippen LogP contribution in [0.15, 0.2) is 59.3 Å². The summed E-state index contributed by atoms with van der Waals surface area (Å²) in [5, 5.41) is 3.17. The van der Waals surface area contributed by atoms with E-state index in [0.717, 1.165) is 43.6 Å². The fourth-order valence-electron chi connectivity index (χ4n) is 7.19. The lowest BCUT2D eigenvalue weighted by Gasteiger charge is -2.33. The summed E-state index contributed by atoms with van der Waals surface area (Å²) in [7, 11) is 0. The number of fused-ring (bicyclic) bond motifs is 2. The lowest BCUT2D eigenvalue weighted by Crippen LogP contribution is -2.35. The molecule has 2 saturated carbocycles. The van der Waals surface area contributed by atoms with E-state index >= 15 is 0 Å².